The summed E-state index contributed by atoms with van der Waals surface area (Å²) in [7, 11) is 0. The summed E-state index contributed by atoms with van der Waals surface area (Å²) in [5, 5.41) is 2.27. The molecule has 0 aromatic rings. The van der Waals surface area contributed by atoms with E-state index in [1.54, 1.807) is 26.2 Å². The minimum atomic E-state index is -1.22. The van der Waals surface area contributed by atoms with Crippen molar-refractivity contribution in [2.24, 2.45) is 11.3 Å². The normalized spacial score (nSPS) is 24.4. The van der Waals surface area contributed by atoms with Crippen molar-refractivity contribution in [3.05, 3.63) is 12.7 Å². The third-order valence-corrected chi connectivity index (χ3v) is 3.72. The zero-order valence-electron chi connectivity index (χ0n) is 10.9. The molecule has 100 valence electrons. The molecule has 1 saturated heterocycles. The number of nitrogens with one attached hydrogen (secondary N) is 1. The number of hydrogen-bond donors (Lipinski definition) is 1. The van der Waals surface area contributed by atoms with Gasteiger partial charge in [-0.25, -0.2) is 4.79 Å². The number of amides is 4. The van der Waals surface area contributed by atoms with Crippen molar-refractivity contribution >= 4 is 29.6 Å². The number of rotatable bonds is 5. The second-order valence-corrected chi connectivity index (χ2v) is 5.36. The van der Waals surface area contributed by atoms with E-state index in [-0.39, 0.29) is 18.2 Å². The molecule has 4 amide bonds. The molecule has 1 heterocycles. The minimum Gasteiger partial charge on any atom is -0.277 e. The molecule has 0 aromatic carbocycles. The summed E-state index contributed by atoms with van der Waals surface area (Å²) >= 11 is 1.35. The third-order valence-electron chi connectivity index (χ3n) is 3.21. The van der Waals surface area contributed by atoms with Crippen molar-refractivity contribution in [3.8, 4) is 0 Å². The molecule has 1 aliphatic heterocycles. The van der Waals surface area contributed by atoms with Crippen LogP contribution in [0, 0.1) is 11.3 Å². The van der Waals surface area contributed by atoms with Gasteiger partial charge in [0, 0.05) is 0 Å². The van der Waals surface area contributed by atoms with Gasteiger partial charge in [-0.2, -0.15) is 0 Å². The largest absolute Gasteiger partial charge is 0.331 e. The maximum absolute atomic E-state index is 12.5. The average Bonchev–Trinajstić information content (AvgIpc) is 2.29. The van der Waals surface area contributed by atoms with Gasteiger partial charge >= 0.3 is 6.03 Å². The number of urea groups is 1. The number of hydrogen-bond acceptors (Lipinski definition) is 4. The van der Waals surface area contributed by atoms with Crippen LogP contribution in [-0.2, 0) is 9.59 Å². The number of barbiturate groups is 1. The molecule has 1 N–H and O–H groups in total. The van der Waals surface area contributed by atoms with Crippen molar-refractivity contribution in [1.82, 2.24) is 10.2 Å². The molecular weight excluding hydrogens is 252 g/mol. The molecule has 6 heteroatoms. The van der Waals surface area contributed by atoms with Gasteiger partial charge in [-0.3, -0.25) is 19.8 Å². The number of carbonyl (C=O) groups is 3. The van der Waals surface area contributed by atoms with Gasteiger partial charge in [0.15, 0.2) is 0 Å². The first-order valence-electron chi connectivity index (χ1n) is 5.69. The van der Waals surface area contributed by atoms with E-state index >= 15 is 0 Å². The molecule has 0 radical (unpaired) electrons. The van der Waals surface area contributed by atoms with Crippen LogP contribution in [0.1, 0.15) is 20.3 Å². The molecule has 0 bridgehead atoms. The Morgan fingerprint density at radius 3 is 2.50 bits per heavy atom. The minimum absolute atomic E-state index is 0.208. The second kappa shape index (κ2) is 5.56. The quantitative estimate of drug-likeness (QED) is 0.609. The first-order valence-corrected chi connectivity index (χ1v) is 7.08. The van der Waals surface area contributed by atoms with E-state index in [1.165, 1.54) is 11.8 Å². The van der Waals surface area contributed by atoms with Crippen molar-refractivity contribution in [2.45, 2.75) is 20.3 Å². The Morgan fingerprint density at radius 2 is 2.06 bits per heavy atom. The third kappa shape index (κ3) is 2.16. The molecule has 1 rings (SSSR count). The summed E-state index contributed by atoms with van der Waals surface area (Å²) in [6.07, 6.45) is 3.57. The molecule has 1 aliphatic rings. The number of thioether (sulfide) groups is 1. The Kier molecular flexibility index (Phi) is 4.56. The van der Waals surface area contributed by atoms with Crippen LogP contribution >= 0.6 is 11.8 Å². The molecule has 1 unspecified atom stereocenters. The lowest BCUT2D eigenvalue weighted by Gasteiger charge is -2.41. The van der Waals surface area contributed by atoms with Crippen LogP contribution in [0.25, 0.3) is 0 Å². The SMILES string of the molecule is C=CCC1(C(C)C)C(=O)NC(=O)N(CSC)C1=O. The standard InChI is InChI=1S/C12H18N2O3S/c1-5-6-12(8(2)3)9(15)13-11(17)14(7-18-4)10(12)16/h5,8H,1,6-7H2,2-4H3,(H,13,15,17). The summed E-state index contributed by atoms with van der Waals surface area (Å²) < 4.78 is 0. The van der Waals surface area contributed by atoms with Gasteiger partial charge in [0.05, 0.1) is 5.88 Å². The average molecular weight is 270 g/mol. The zero-order chi connectivity index (χ0) is 13.9. The van der Waals surface area contributed by atoms with Gasteiger partial charge < -0.3 is 0 Å². The Balaban J connectivity index is 3.22. The Labute approximate surface area is 111 Å². The molecule has 0 spiro atoms. The fourth-order valence-corrected chi connectivity index (χ4v) is 2.60. The molecule has 0 saturated carbocycles. The van der Waals surface area contributed by atoms with E-state index in [9.17, 15) is 14.4 Å². The van der Waals surface area contributed by atoms with Crippen molar-refractivity contribution < 1.29 is 14.4 Å². The highest BCUT2D eigenvalue weighted by Crippen LogP contribution is 2.37. The van der Waals surface area contributed by atoms with Gasteiger partial charge in [0.25, 0.3) is 0 Å². The van der Waals surface area contributed by atoms with Crippen LogP contribution < -0.4 is 5.32 Å². The number of nitrogens with zero attached hydrogens (tertiary/aromatic N) is 1. The fourth-order valence-electron chi connectivity index (χ4n) is 2.11. The Hall–Kier alpha value is -1.30. The number of allylic oxidation sites excluding steroid dienone is 1. The van der Waals surface area contributed by atoms with Gasteiger partial charge in [0.2, 0.25) is 11.8 Å². The maximum atomic E-state index is 12.5. The highest BCUT2D eigenvalue weighted by Gasteiger charge is 2.54. The van der Waals surface area contributed by atoms with Crippen molar-refractivity contribution in [3.63, 3.8) is 0 Å². The van der Waals surface area contributed by atoms with E-state index in [2.05, 4.69) is 11.9 Å². The smallest absolute Gasteiger partial charge is 0.277 e. The van der Waals surface area contributed by atoms with Gasteiger partial charge in [0.1, 0.15) is 5.41 Å². The highest BCUT2D eigenvalue weighted by molar-refractivity contribution is 7.98. The van der Waals surface area contributed by atoms with Crippen molar-refractivity contribution in [1.29, 1.82) is 0 Å². The Bertz CT molecular complexity index is 395. The monoisotopic (exact) mass is 270 g/mol. The summed E-state index contributed by atoms with van der Waals surface area (Å²) in [5.74, 6) is -0.922. The van der Waals surface area contributed by atoms with Gasteiger partial charge in [-0.15, -0.1) is 18.3 Å². The van der Waals surface area contributed by atoms with Crippen molar-refractivity contribution in [2.75, 3.05) is 12.1 Å². The van der Waals surface area contributed by atoms with E-state index in [0.717, 1.165) is 4.90 Å². The van der Waals surface area contributed by atoms with Crippen LogP contribution in [-0.4, -0.2) is 34.9 Å². The lowest BCUT2D eigenvalue weighted by molar-refractivity contribution is -0.154. The molecule has 5 nitrogen and oxygen atoms in total. The van der Waals surface area contributed by atoms with Gasteiger partial charge in [-0.1, -0.05) is 19.9 Å². The molecule has 0 aromatic heterocycles. The highest BCUT2D eigenvalue weighted by atomic mass is 32.2. The maximum Gasteiger partial charge on any atom is 0.331 e. The molecule has 1 fully saturated rings. The van der Waals surface area contributed by atoms with Gasteiger partial charge in [-0.05, 0) is 18.6 Å². The molecule has 0 aliphatic carbocycles. The predicted molar refractivity (Wildman–Crippen MR) is 70.9 cm³/mol. The topological polar surface area (TPSA) is 66.5 Å². The van der Waals surface area contributed by atoms with Crippen LogP contribution in [0.3, 0.4) is 0 Å². The van der Waals surface area contributed by atoms with Crippen LogP contribution in [0.2, 0.25) is 0 Å². The summed E-state index contributed by atoms with van der Waals surface area (Å²) in [6.45, 7) is 7.20. The molecule has 1 atom stereocenters. The Morgan fingerprint density at radius 1 is 1.44 bits per heavy atom. The van der Waals surface area contributed by atoms with Crippen LogP contribution in [0.15, 0.2) is 12.7 Å². The number of imide groups is 2. The summed E-state index contributed by atoms with van der Waals surface area (Å²) in [4.78, 5) is 37.3. The van der Waals surface area contributed by atoms with E-state index in [4.69, 9.17) is 0 Å². The second-order valence-electron chi connectivity index (χ2n) is 4.53. The van der Waals surface area contributed by atoms with Crippen LogP contribution in [0.5, 0.6) is 0 Å². The van der Waals surface area contributed by atoms with E-state index in [1.807, 2.05) is 0 Å². The number of carbonyl (C=O) groups excluding carboxylic acids is 3. The fraction of sp³-hybridized carbons (Fsp3) is 0.583. The first kappa shape index (κ1) is 14.8. The van der Waals surface area contributed by atoms with E-state index < -0.39 is 23.3 Å². The summed E-state index contributed by atoms with van der Waals surface area (Å²) in [6, 6.07) is -0.639. The zero-order valence-corrected chi connectivity index (χ0v) is 11.7. The van der Waals surface area contributed by atoms with Crippen LogP contribution in [0.4, 0.5) is 4.79 Å². The molecular formula is C12H18N2O3S. The predicted octanol–water partition coefficient (Wildman–Crippen LogP) is 1.60. The summed E-state index contributed by atoms with van der Waals surface area (Å²) in [5.41, 5.74) is -1.22. The van der Waals surface area contributed by atoms with E-state index in [0.29, 0.717) is 0 Å². The molecule has 18 heavy (non-hydrogen) atoms. The lowest BCUT2D eigenvalue weighted by Crippen LogP contribution is -2.65. The lowest BCUT2D eigenvalue weighted by atomic mass is 9.71. The first-order chi connectivity index (χ1) is 8.41.